The molecule has 0 aliphatic heterocycles. The fraction of sp³-hybridized carbons (Fsp3) is 0. The summed E-state index contributed by atoms with van der Waals surface area (Å²) < 4.78 is 5.00. The standard InChI is InChI=1S/C7H5N6O/c8-12-9-4-14-5-1-2-6-7(3-5)11-13-10-6/h1-4H,(H,10,11,13)/q-1/b9-4+. The second-order valence-corrected chi connectivity index (χ2v) is 2.40. The minimum absolute atomic E-state index is 0.541. The van der Waals surface area contributed by atoms with Crippen molar-refractivity contribution in [2.24, 2.45) is 10.3 Å². The van der Waals surface area contributed by atoms with E-state index in [0.717, 1.165) is 11.9 Å². The van der Waals surface area contributed by atoms with E-state index in [2.05, 4.69) is 25.7 Å². The molecule has 0 amide bonds. The molecular weight excluding hydrogens is 184 g/mol. The second kappa shape index (κ2) is 3.60. The number of nitrogens with zero attached hydrogens (tertiary/aromatic N) is 5. The summed E-state index contributed by atoms with van der Waals surface area (Å²) in [6.07, 6.45) is 1.02. The first-order valence-corrected chi connectivity index (χ1v) is 3.73. The summed E-state index contributed by atoms with van der Waals surface area (Å²) in [7, 11) is 0. The van der Waals surface area contributed by atoms with Gasteiger partial charge in [-0.3, -0.25) is 5.22 Å². The number of aromatic nitrogens is 3. The van der Waals surface area contributed by atoms with Crippen LogP contribution in [0.25, 0.3) is 16.6 Å². The minimum Gasteiger partial charge on any atom is -0.467 e. The molecule has 0 bridgehead atoms. The smallest absolute Gasteiger partial charge is 0.128 e. The lowest BCUT2D eigenvalue weighted by Gasteiger charge is -1.99. The lowest BCUT2D eigenvalue weighted by Crippen LogP contribution is -1.88. The highest BCUT2D eigenvalue weighted by Crippen LogP contribution is 2.16. The fourth-order valence-corrected chi connectivity index (χ4v) is 0.999. The van der Waals surface area contributed by atoms with Crippen LogP contribution in [0.1, 0.15) is 0 Å². The number of hydrogen-bond donors (Lipinski definition) is 1. The molecule has 2 rings (SSSR count). The summed E-state index contributed by atoms with van der Waals surface area (Å²) in [5.74, 6) is 0.541. The maximum Gasteiger partial charge on any atom is 0.128 e. The molecule has 0 saturated carbocycles. The molecule has 0 saturated heterocycles. The van der Waals surface area contributed by atoms with Crippen LogP contribution in [-0.2, 0) is 0 Å². The first-order valence-electron chi connectivity index (χ1n) is 3.73. The molecule has 0 atom stereocenters. The molecule has 7 nitrogen and oxygen atoms in total. The van der Waals surface area contributed by atoms with E-state index in [0.29, 0.717) is 11.3 Å². The summed E-state index contributed by atoms with van der Waals surface area (Å²) in [5.41, 5.74) is 9.45. The molecule has 1 N–H and O–H groups in total. The molecule has 0 aliphatic carbocycles. The number of fused-ring (bicyclic) bond motifs is 1. The first-order chi connectivity index (χ1) is 6.90. The molecule has 1 aromatic carbocycles. The van der Waals surface area contributed by atoms with Gasteiger partial charge in [0.05, 0.1) is 6.40 Å². The number of rotatable bonds is 3. The molecule has 0 spiro atoms. The monoisotopic (exact) mass is 189 g/mol. The Bertz CT molecular complexity index is 476. The van der Waals surface area contributed by atoms with Crippen LogP contribution >= 0.6 is 0 Å². The lowest BCUT2D eigenvalue weighted by molar-refractivity contribution is 0.572. The Labute approximate surface area is 78.3 Å². The molecule has 1 heterocycles. The summed E-state index contributed by atoms with van der Waals surface area (Å²) in [6.45, 7) is 0. The van der Waals surface area contributed by atoms with Gasteiger partial charge < -0.3 is 15.4 Å². The average Bonchev–Trinajstić information content (AvgIpc) is 2.65. The van der Waals surface area contributed by atoms with Crippen LogP contribution in [0.15, 0.2) is 28.5 Å². The molecule has 0 unspecified atom stereocenters. The van der Waals surface area contributed by atoms with Crippen molar-refractivity contribution in [2.75, 3.05) is 0 Å². The zero-order valence-corrected chi connectivity index (χ0v) is 6.95. The van der Waals surface area contributed by atoms with E-state index in [1.54, 1.807) is 18.2 Å². The van der Waals surface area contributed by atoms with Crippen molar-refractivity contribution >= 4 is 17.4 Å². The van der Waals surface area contributed by atoms with Crippen molar-refractivity contribution < 1.29 is 4.74 Å². The van der Waals surface area contributed by atoms with Gasteiger partial charge in [0.25, 0.3) is 0 Å². The second-order valence-electron chi connectivity index (χ2n) is 2.40. The van der Waals surface area contributed by atoms with Gasteiger partial charge in [-0.05, 0) is 12.1 Å². The van der Waals surface area contributed by atoms with Crippen molar-refractivity contribution in [2.45, 2.75) is 0 Å². The van der Waals surface area contributed by atoms with Crippen LogP contribution in [0.2, 0.25) is 0 Å². The lowest BCUT2D eigenvalue weighted by atomic mass is 10.3. The molecule has 0 aliphatic rings. The van der Waals surface area contributed by atoms with Gasteiger partial charge in [0, 0.05) is 6.07 Å². The Morgan fingerprint density at radius 2 is 2.21 bits per heavy atom. The third kappa shape index (κ3) is 1.56. The van der Waals surface area contributed by atoms with Crippen molar-refractivity contribution in [1.29, 1.82) is 0 Å². The summed E-state index contributed by atoms with van der Waals surface area (Å²) >= 11 is 0. The molecular formula is C7H5N6O-. The molecule has 7 heteroatoms. The van der Waals surface area contributed by atoms with E-state index in [1.807, 2.05) is 0 Å². The van der Waals surface area contributed by atoms with Gasteiger partial charge in [0.15, 0.2) is 0 Å². The van der Waals surface area contributed by atoms with Crippen LogP contribution in [-0.4, -0.2) is 21.8 Å². The molecule has 0 fully saturated rings. The predicted molar refractivity (Wildman–Crippen MR) is 48.8 cm³/mol. The van der Waals surface area contributed by atoms with Gasteiger partial charge >= 0.3 is 0 Å². The van der Waals surface area contributed by atoms with Gasteiger partial charge in [-0.1, -0.05) is 0 Å². The van der Waals surface area contributed by atoms with E-state index >= 15 is 0 Å². The zero-order valence-electron chi connectivity index (χ0n) is 6.95. The van der Waals surface area contributed by atoms with Crippen LogP contribution < -0.4 is 4.74 Å². The number of ether oxygens (including phenoxy) is 1. The van der Waals surface area contributed by atoms with E-state index in [4.69, 9.17) is 10.3 Å². The van der Waals surface area contributed by atoms with Gasteiger partial charge in [-0.25, -0.2) is 0 Å². The average molecular weight is 189 g/mol. The highest BCUT2D eigenvalue weighted by Gasteiger charge is 1.98. The van der Waals surface area contributed by atoms with E-state index in [1.165, 1.54) is 0 Å². The fourth-order valence-electron chi connectivity index (χ4n) is 0.999. The van der Waals surface area contributed by atoms with E-state index in [-0.39, 0.29) is 0 Å². The summed E-state index contributed by atoms with van der Waals surface area (Å²) in [5, 5.41) is 15.9. The van der Waals surface area contributed by atoms with E-state index < -0.39 is 0 Å². The summed E-state index contributed by atoms with van der Waals surface area (Å²) in [4.78, 5) is 0. The first kappa shape index (κ1) is 8.30. The maximum atomic E-state index is 8.00. The van der Waals surface area contributed by atoms with Crippen LogP contribution in [0.4, 0.5) is 0 Å². The van der Waals surface area contributed by atoms with Gasteiger partial charge in [0.2, 0.25) is 0 Å². The molecule has 2 aromatic rings. The maximum absolute atomic E-state index is 8.00. The third-order valence-corrected chi connectivity index (χ3v) is 1.58. The molecule has 14 heavy (non-hydrogen) atoms. The number of nitrogens with one attached hydrogen (secondary N) is 1. The number of benzene rings is 1. The number of hydrogen-bond acceptors (Lipinski definition) is 4. The third-order valence-electron chi connectivity index (χ3n) is 1.58. The van der Waals surface area contributed by atoms with Gasteiger partial charge in [-0.15, -0.1) is 0 Å². The van der Waals surface area contributed by atoms with Gasteiger partial charge in [-0.2, -0.15) is 15.4 Å². The molecule has 0 radical (unpaired) electrons. The van der Waals surface area contributed by atoms with Crippen molar-refractivity contribution in [3.63, 3.8) is 0 Å². The summed E-state index contributed by atoms with van der Waals surface area (Å²) in [6, 6.07) is 5.13. The van der Waals surface area contributed by atoms with Gasteiger partial charge in [0.1, 0.15) is 16.8 Å². The van der Waals surface area contributed by atoms with Crippen molar-refractivity contribution in [3.8, 4) is 5.75 Å². The Hall–Kier alpha value is -2.31. The van der Waals surface area contributed by atoms with Crippen molar-refractivity contribution in [1.82, 2.24) is 15.4 Å². The number of aromatic amines is 1. The van der Waals surface area contributed by atoms with Crippen LogP contribution in [0.5, 0.6) is 5.75 Å². The highest BCUT2D eigenvalue weighted by atomic mass is 16.5. The minimum atomic E-state index is 0.541. The molecule has 1 aromatic heterocycles. The Kier molecular flexibility index (Phi) is 2.14. The normalized spacial score (nSPS) is 10.9. The highest BCUT2D eigenvalue weighted by molar-refractivity contribution is 5.75. The quantitative estimate of drug-likeness (QED) is 0.341. The topological polar surface area (TPSA) is 97.8 Å². The van der Waals surface area contributed by atoms with E-state index in [9.17, 15) is 0 Å². The SMILES string of the molecule is [N-]=N/N=C/Oc1ccc2n[nH]nc2c1. The Morgan fingerprint density at radius 1 is 1.36 bits per heavy atom. The van der Waals surface area contributed by atoms with Crippen molar-refractivity contribution in [3.05, 3.63) is 23.7 Å². The Balaban J connectivity index is 2.25. The number of H-pyrrole nitrogens is 1. The zero-order chi connectivity index (χ0) is 9.80. The molecule has 70 valence electrons. The van der Waals surface area contributed by atoms with Crippen LogP contribution in [0, 0.1) is 0 Å². The van der Waals surface area contributed by atoms with Crippen LogP contribution in [0.3, 0.4) is 0 Å². The largest absolute Gasteiger partial charge is 0.467 e. The predicted octanol–water partition coefficient (Wildman–Crippen LogP) is 1.30. The Morgan fingerprint density at radius 3 is 3.07 bits per heavy atom.